The number of unbranched alkanes of at least 4 members (excludes halogenated alkanes) is 1. The third kappa shape index (κ3) is 3.98. The molecule has 1 saturated heterocycles. The molecule has 0 spiro atoms. The van der Waals surface area contributed by atoms with Crippen LogP contribution in [0, 0.1) is 11.8 Å². The molecule has 118 valence electrons. The third-order valence-corrected chi connectivity index (χ3v) is 6.59. The number of fused-ring (bicyclic) bond motifs is 1. The molecule has 1 aliphatic carbocycles. The van der Waals surface area contributed by atoms with Gasteiger partial charge in [0, 0.05) is 24.7 Å². The van der Waals surface area contributed by atoms with E-state index in [1.54, 1.807) is 0 Å². The van der Waals surface area contributed by atoms with E-state index in [-0.39, 0.29) is 0 Å². The highest BCUT2D eigenvalue weighted by Gasteiger charge is 2.42. The Balaban J connectivity index is 1.71. The molecule has 2 atom stereocenters. The minimum absolute atomic E-state index is 1.07. The Kier molecular flexibility index (Phi) is 5.53. The van der Waals surface area contributed by atoms with E-state index in [1.807, 2.05) is 0 Å². The summed E-state index contributed by atoms with van der Waals surface area (Å²) in [5.74, 6) is 2.14. The predicted molar refractivity (Wildman–Crippen MR) is 87.6 cm³/mol. The van der Waals surface area contributed by atoms with Crippen LogP contribution in [0.15, 0.2) is 0 Å². The maximum absolute atomic E-state index is 2.53. The molecule has 2 aliphatic rings. The van der Waals surface area contributed by atoms with Crippen LogP contribution in [-0.2, 0) is 0 Å². The van der Waals surface area contributed by atoms with Crippen LogP contribution in [0.3, 0.4) is 0 Å². The van der Waals surface area contributed by atoms with Crippen molar-refractivity contribution in [2.75, 3.05) is 53.4 Å². The van der Waals surface area contributed by atoms with Crippen LogP contribution in [-0.4, -0.2) is 62.3 Å². The standard InChI is InChI=1S/C18H38N2/c1-5-19(3,6-2)13-9-10-14-20(4)15-17-11-7-8-12-18(17)16-20/h17-18H,5-16H2,1-4H3/q+2/t17-,18-/m0/s1. The van der Waals surface area contributed by atoms with E-state index < -0.39 is 0 Å². The number of likely N-dealkylation sites (tertiary alicyclic amines) is 1. The van der Waals surface area contributed by atoms with Crippen molar-refractivity contribution in [1.29, 1.82) is 0 Å². The van der Waals surface area contributed by atoms with E-state index in [0.29, 0.717) is 0 Å². The van der Waals surface area contributed by atoms with E-state index in [4.69, 9.17) is 0 Å². The first kappa shape index (κ1) is 16.3. The lowest BCUT2D eigenvalue weighted by Crippen LogP contribution is -2.45. The molecule has 0 radical (unpaired) electrons. The summed E-state index contributed by atoms with van der Waals surface area (Å²) in [4.78, 5) is 0. The van der Waals surface area contributed by atoms with Crippen molar-refractivity contribution in [1.82, 2.24) is 0 Å². The maximum Gasteiger partial charge on any atom is 0.0818 e. The predicted octanol–water partition coefficient (Wildman–Crippen LogP) is 3.52. The van der Waals surface area contributed by atoms with E-state index in [2.05, 4.69) is 27.9 Å². The van der Waals surface area contributed by atoms with Gasteiger partial charge in [-0.15, -0.1) is 0 Å². The molecule has 20 heavy (non-hydrogen) atoms. The second-order valence-corrected chi connectivity index (χ2v) is 8.20. The van der Waals surface area contributed by atoms with Gasteiger partial charge in [0.05, 0.1) is 53.4 Å². The van der Waals surface area contributed by atoms with Gasteiger partial charge in [-0.1, -0.05) is 12.8 Å². The Morgan fingerprint density at radius 2 is 1.50 bits per heavy atom. The summed E-state index contributed by atoms with van der Waals surface area (Å²) in [6.45, 7) is 13.0. The Bertz CT molecular complexity index is 282. The average molecular weight is 283 g/mol. The van der Waals surface area contributed by atoms with Crippen LogP contribution >= 0.6 is 0 Å². The van der Waals surface area contributed by atoms with Crippen LogP contribution in [0.1, 0.15) is 52.4 Å². The molecule has 2 fully saturated rings. The second kappa shape index (κ2) is 6.79. The Morgan fingerprint density at radius 3 is 2.00 bits per heavy atom. The van der Waals surface area contributed by atoms with Crippen molar-refractivity contribution in [2.45, 2.75) is 52.4 Å². The molecule has 2 heteroatoms. The molecule has 1 aliphatic heterocycles. The average Bonchev–Trinajstić information content (AvgIpc) is 2.80. The maximum atomic E-state index is 2.53. The fourth-order valence-corrected chi connectivity index (χ4v) is 4.68. The normalized spacial score (nSPS) is 29.4. The molecule has 0 unspecified atom stereocenters. The quantitative estimate of drug-likeness (QED) is 0.495. The third-order valence-electron chi connectivity index (χ3n) is 6.59. The van der Waals surface area contributed by atoms with E-state index in [1.165, 1.54) is 86.8 Å². The highest BCUT2D eigenvalue weighted by atomic mass is 15.4. The molecule has 0 N–H and O–H groups in total. The number of nitrogens with zero attached hydrogens (tertiary/aromatic N) is 2. The summed E-state index contributed by atoms with van der Waals surface area (Å²) in [6, 6.07) is 0. The molecule has 2 nitrogen and oxygen atoms in total. The van der Waals surface area contributed by atoms with Gasteiger partial charge in [-0.25, -0.2) is 0 Å². The van der Waals surface area contributed by atoms with E-state index in [0.717, 1.165) is 11.8 Å². The fraction of sp³-hybridized carbons (Fsp3) is 1.00. The van der Waals surface area contributed by atoms with Crippen molar-refractivity contribution < 1.29 is 8.97 Å². The number of rotatable bonds is 7. The van der Waals surface area contributed by atoms with Gasteiger partial charge < -0.3 is 8.97 Å². The van der Waals surface area contributed by atoms with Crippen molar-refractivity contribution in [3.63, 3.8) is 0 Å². The molecule has 0 aromatic heterocycles. The monoisotopic (exact) mass is 282 g/mol. The van der Waals surface area contributed by atoms with Crippen LogP contribution < -0.4 is 0 Å². The molecule has 0 aromatic rings. The molecule has 0 aromatic carbocycles. The topological polar surface area (TPSA) is 0 Å². The molecule has 1 heterocycles. The largest absolute Gasteiger partial charge is 0.326 e. The van der Waals surface area contributed by atoms with Crippen molar-refractivity contribution in [2.24, 2.45) is 11.8 Å². The summed E-state index contributed by atoms with van der Waals surface area (Å²) in [6.07, 6.45) is 8.91. The summed E-state index contributed by atoms with van der Waals surface area (Å²) in [5, 5.41) is 0. The highest BCUT2D eigenvalue weighted by molar-refractivity contribution is 4.80. The van der Waals surface area contributed by atoms with Crippen molar-refractivity contribution in [3.8, 4) is 0 Å². The minimum Gasteiger partial charge on any atom is -0.326 e. The van der Waals surface area contributed by atoms with Crippen molar-refractivity contribution in [3.05, 3.63) is 0 Å². The molecule has 1 saturated carbocycles. The Labute approximate surface area is 127 Å². The molecular formula is C18H38N2+2. The summed E-state index contributed by atoms with van der Waals surface area (Å²) >= 11 is 0. The van der Waals surface area contributed by atoms with Gasteiger partial charge in [0.2, 0.25) is 0 Å². The van der Waals surface area contributed by atoms with Gasteiger partial charge in [-0.3, -0.25) is 0 Å². The zero-order valence-corrected chi connectivity index (χ0v) is 14.5. The number of hydrogen-bond acceptors (Lipinski definition) is 0. The Morgan fingerprint density at radius 1 is 0.950 bits per heavy atom. The summed E-state index contributed by atoms with van der Waals surface area (Å²) in [5.41, 5.74) is 0. The minimum atomic E-state index is 1.07. The van der Waals surface area contributed by atoms with Gasteiger partial charge in [-0.05, 0) is 26.7 Å². The fourth-order valence-electron chi connectivity index (χ4n) is 4.68. The summed E-state index contributed by atoms with van der Waals surface area (Å²) < 4.78 is 2.65. The Hall–Kier alpha value is -0.0800. The molecule has 2 rings (SSSR count). The smallest absolute Gasteiger partial charge is 0.0818 e. The van der Waals surface area contributed by atoms with Crippen molar-refractivity contribution >= 4 is 0 Å². The van der Waals surface area contributed by atoms with Gasteiger partial charge in [0.15, 0.2) is 0 Å². The van der Waals surface area contributed by atoms with Gasteiger partial charge in [0.25, 0.3) is 0 Å². The zero-order valence-electron chi connectivity index (χ0n) is 14.5. The highest BCUT2D eigenvalue weighted by Crippen LogP contribution is 2.39. The second-order valence-electron chi connectivity index (χ2n) is 8.20. The van der Waals surface area contributed by atoms with Gasteiger partial charge >= 0.3 is 0 Å². The SMILES string of the molecule is CC[N+](C)(CC)CCCC[N+]1(C)C[C@@H]2CCCC[C@H]2C1. The van der Waals surface area contributed by atoms with Crippen LogP contribution in [0.4, 0.5) is 0 Å². The first-order valence-corrected chi connectivity index (χ1v) is 9.17. The van der Waals surface area contributed by atoms with E-state index in [9.17, 15) is 0 Å². The number of hydrogen-bond donors (Lipinski definition) is 0. The molecule has 0 bridgehead atoms. The number of quaternary nitrogens is 2. The van der Waals surface area contributed by atoms with Crippen LogP contribution in [0.2, 0.25) is 0 Å². The first-order valence-electron chi connectivity index (χ1n) is 9.17. The van der Waals surface area contributed by atoms with Gasteiger partial charge in [-0.2, -0.15) is 0 Å². The van der Waals surface area contributed by atoms with Crippen LogP contribution in [0.5, 0.6) is 0 Å². The molecule has 0 amide bonds. The lowest BCUT2D eigenvalue weighted by atomic mass is 9.82. The summed E-state index contributed by atoms with van der Waals surface area (Å²) in [7, 11) is 4.95. The molecular weight excluding hydrogens is 244 g/mol. The van der Waals surface area contributed by atoms with Gasteiger partial charge in [0.1, 0.15) is 0 Å². The van der Waals surface area contributed by atoms with Crippen LogP contribution in [0.25, 0.3) is 0 Å². The van der Waals surface area contributed by atoms with E-state index >= 15 is 0 Å². The lowest BCUT2D eigenvalue weighted by molar-refractivity contribution is -0.910. The lowest BCUT2D eigenvalue weighted by Gasteiger charge is -2.33. The zero-order chi connectivity index (χ0) is 14.6. The first-order chi connectivity index (χ1) is 9.50.